The van der Waals surface area contributed by atoms with Crippen LogP contribution in [-0.4, -0.2) is 79.5 Å². The van der Waals surface area contributed by atoms with E-state index >= 15 is 0 Å². The van der Waals surface area contributed by atoms with E-state index in [9.17, 15) is 8.78 Å². The van der Waals surface area contributed by atoms with Crippen LogP contribution in [0.25, 0.3) is 10.9 Å². The maximum atomic E-state index is 14.4. The molecule has 0 amide bonds. The van der Waals surface area contributed by atoms with Crippen molar-refractivity contribution in [3.8, 4) is 11.9 Å². The Morgan fingerprint density at radius 1 is 1.09 bits per heavy atom. The third-order valence-corrected chi connectivity index (χ3v) is 6.38. The summed E-state index contributed by atoms with van der Waals surface area (Å²) in [6.45, 7) is 4.63. The lowest BCUT2D eigenvalue weighted by molar-refractivity contribution is 0.152. The van der Waals surface area contributed by atoms with Crippen molar-refractivity contribution >= 4 is 28.3 Å². The topological polar surface area (TPSA) is 72.8 Å². The van der Waals surface area contributed by atoms with Crippen LogP contribution in [0.4, 0.5) is 14.6 Å². The van der Waals surface area contributed by atoms with Crippen molar-refractivity contribution in [1.29, 1.82) is 0 Å². The molecule has 180 valence electrons. The molecule has 3 aliphatic rings. The monoisotopic (exact) mass is 483 g/mol. The van der Waals surface area contributed by atoms with Crippen LogP contribution in [0.1, 0.15) is 25.7 Å². The first-order chi connectivity index (χ1) is 16.0. The average molecular weight is 484 g/mol. The summed E-state index contributed by atoms with van der Waals surface area (Å²) in [5, 5.41) is 0.0670. The van der Waals surface area contributed by atoms with Gasteiger partial charge in [-0.05, 0) is 37.8 Å². The molecule has 33 heavy (non-hydrogen) atoms. The number of aromatic nitrogens is 3. The van der Waals surface area contributed by atoms with Gasteiger partial charge in [0.2, 0.25) is 5.88 Å². The summed E-state index contributed by atoms with van der Waals surface area (Å²) < 4.78 is 42.3. The minimum absolute atomic E-state index is 0.0221. The second-order valence-corrected chi connectivity index (χ2v) is 8.53. The van der Waals surface area contributed by atoms with Gasteiger partial charge >= 0.3 is 6.01 Å². The highest BCUT2D eigenvalue weighted by Crippen LogP contribution is 2.36. The zero-order valence-corrected chi connectivity index (χ0v) is 19.6. The average Bonchev–Trinajstić information content (AvgIpc) is 3.33. The fourth-order valence-corrected chi connectivity index (χ4v) is 4.71. The summed E-state index contributed by atoms with van der Waals surface area (Å²) in [6.07, 6.45) is 5.19. The molecule has 3 saturated heterocycles. The van der Waals surface area contributed by atoms with Crippen molar-refractivity contribution in [1.82, 2.24) is 19.9 Å². The van der Waals surface area contributed by atoms with E-state index < -0.39 is 5.82 Å². The van der Waals surface area contributed by atoms with Crippen LogP contribution in [0.2, 0.25) is 5.15 Å². The number of nitrogens with zero attached hydrogens (tertiary/aromatic N) is 5. The van der Waals surface area contributed by atoms with Gasteiger partial charge in [-0.25, -0.2) is 8.78 Å². The number of ether oxygens (including phenoxy) is 3. The van der Waals surface area contributed by atoms with Gasteiger partial charge in [-0.1, -0.05) is 11.6 Å². The standard InChI is InChI=1S/C14H16ClFN4O3.C8H12FN/c1-21-13-8-10(9(16)11(15)18-13)17-14(22-2)19-12(8)20-4-3-6-23-7-5-20;9-5-7-4-8-2-1-3-10(8)6-7/h3-7H2,1-2H3;5,8H,1-4,6H2/b;7-5-. The number of hydrogen-bond donors (Lipinski definition) is 0. The van der Waals surface area contributed by atoms with Gasteiger partial charge < -0.3 is 19.1 Å². The Hall–Kier alpha value is -2.30. The molecule has 2 aromatic heterocycles. The molecule has 0 saturated carbocycles. The Kier molecular flexibility index (Phi) is 7.77. The van der Waals surface area contributed by atoms with E-state index in [1.54, 1.807) is 0 Å². The fraction of sp³-hybridized carbons (Fsp3) is 0.591. The highest BCUT2D eigenvalue weighted by molar-refractivity contribution is 6.30. The number of hydrogen-bond acceptors (Lipinski definition) is 8. The minimum Gasteiger partial charge on any atom is -0.480 e. The van der Waals surface area contributed by atoms with Crippen LogP contribution in [0, 0.1) is 5.82 Å². The number of fused-ring (bicyclic) bond motifs is 2. The second-order valence-electron chi connectivity index (χ2n) is 8.17. The Morgan fingerprint density at radius 2 is 1.94 bits per heavy atom. The normalized spacial score (nSPS) is 22.2. The van der Waals surface area contributed by atoms with E-state index in [0.717, 1.165) is 31.3 Å². The van der Waals surface area contributed by atoms with Crippen molar-refractivity contribution in [2.24, 2.45) is 0 Å². The first-order valence-electron chi connectivity index (χ1n) is 11.0. The number of pyridine rings is 1. The van der Waals surface area contributed by atoms with Gasteiger partial charge in [-0.15, -0.1) is 0 Å². The van der Waals surface area contributed by atoms with Crippen LogP contribution in [-0.2, 0) is 4.74 Å². The first kappa shape index (κ1) is 23.8. The molecule has 5 rings (SSSR count). The van der Waals surface area contributed by atoms with Gasteiger partial charge in [-0.2, -0.15) is 15.0 Å². The van der Waals surface area contributed by atoms with Gasteiger partial charge in [0, 0.05) is 32.3 Å². The molecule has 0 aliphatic carbocycles. The van der Waals surface area contributed by atoms with Crippen LogP contribution in [0.15, 0.2) is 11.9 Å². The summed E-state index contributed by atoms with van der Waals surface area (Å²) in [6, 6.07) is 0.739. The molecule has 5 heterocycles. The minimum atomic E-state index is -0.726. The van der Waals surface area contributed by atoms with Gasteiger partial charge in [0.1, 0.15) is 16.7 Å². The molecule has 0 spiro atoms. The SMILES string of the molecule is COc1nc(N2CCCOCC2)c2c(OC)nc(Cl)c(F)c2n1.F/C=C1/CC2CCCN2C1. The largest absolute Gasteiger partial charge is 0.480 e. The zero-order chi connectivity index (χ0) is 23.4. The van der Waals surface area contributed by atoms with Crippen molar-refractivity contribution in [3.63, 3.8) is 0 Å². The summed E-state index contributed by atoms with van der Waals surface area (Å²) >= 11 is 5.83. The highest BCUT2D eigenvalue weighted by atomic mass is 35.5. The predicted molar refractivity (Wildman–Crippen MR) is 121 cm³/mol. The van der Waals surface area contributed by atoms with E-state index in [-0.39, 0.29) is 22.6 Å². The maximum Gasteiger partial charge on any atom is 0.318 e. The van der Waals surface area contributed by atoms with Crippen molar-refractivity contribution < 1.29 is 23.0 Å². The summed E-state index contributed by atoms with van der Waals surface area (Å²) in [5.41, 5.74) is 1.01. The van der Waals surface area contributed by atoms with Crippen LogP contribution < -0.4 is 14.4 Å². The number of halogens is 3. The second kappa shape index (κ2) is 10.8. The van der Waals surface area contributed by atoms with Gasteiger partial charge in [0.15, 0.2) is 11.0 Å². The molecule has 2 aromatic rings. The molecule has 0 bridgehead atoms. The van der Waals surface area contributed by atoms with E-state index in [4.69, 9.17) is 25.8 Å². The Morgan fingerprint density at radius 3 is 2.67 bits per heavy atom. The molecule has 11 heteroatoms. The quantitative estimate of drug-likeness (QED) is 0.611. The lowest BCUT2D eigenvalue weighted by Gasteiger charge is -2.23. The van der Waals surface area contributed by atoms with Crippen molar-refractivity contribution in [2.45, 2.75) is 31.7 Å². The summed E-state index contributed by atoms with van der Waals surface area (Å²) in [4.78, 5) is 16.7. The molecular weight excluding hydrogens is 456 g/mol. The molecule has 0 aromatic carbocycles. The summed E-state index contributed by atoms with van der Waals surface area (Å²) in [5.74, 6) is -0.0537. The van der Waals surface area contributed by atoms with Gasteiger partial charge in [0.05, 0.1) is 27.2 Å². The highest BCUT2D eigenvalue weighted by Gasteiger charge is 2.31. The van der Waals surface area contributed by atoms with E-state index in [1.165, 1.54) is 33.6 Å². The van der Waals surface area contributed by atoms with E-state index in [1.807, 2.05) is 4.90 Å². The third-order valence-electron chi connectivity index (χ3n) is 6.13. The molecule has 0 N–H and O–H groups in total. The smallest absolute Gasteiger partial charge is 0.318 e. The van der Waals surface area contributed by atoms with E-state index in [0.29, 0.717) is 43.5 Å². The van der Waals surface area contributed by atoms with Crippen LogP contribution in [0.5, 0.6) is 11.9 Å². The molecule has 0 radical (unpaired) electrons. The van der Waals surface area contributed by atoms with Gasteiger partial charge in [-0.3, -0.25) is 4.90 Å². The lowest BCUT2D eigenvalue weighted by atomic mass is 10.1. The summed E-state index contributed by atoms with van der Waals surface area (Å²) in [7, 11) is 2.87. The fourth-order valence-electron chi connectivity index (χ4n) is 4.54. The molecular formula is C22H28ClF2N5O3. The number of anilines is 1. The lowest BCUT2D eigenvalue weighted by Crippen LogP contribution is -2.27. The van der Waals surface area contributed by atoms with Crippen molar-refractivity contribution in [2.75, 3.05) is 58.5 Å². The molecule has 3 fully saturated rings. The zero-order valence-electron chi connectivity index (χ0n) is 18.8. The Labute approximate surface area is 196 Å². The molecule has 1 unspecified atom stereocenters. The first-order valence-corrected chi connectivity index (χ1v) is 11.4. The van der Waals surface area contributed by atoms with Gasteiger partial charge in [0.25, 0.3) is 0 Å². The Balaban J connectivity index is 0.000000214. The maximum absolute atomic E-state index is 14.4. The Bertz CT molecular complexity index is 1000. The third kappa shape index (κ3) is 5.12. The van der Waals surface area contributed by atoms with Crippen LogP contribution in [0.3, 0.4) is 0 Å². The van der Waals surface area contributed by atoms with E-state index in [2.05, 4.69) is 19.9 Å². The molecule has 3 aliphatic heterocycles. The number of methoxy groups -OCH3 is 2. The number of rotatable bonds is 3. The van der Waals surface area contributed by atoms with Crippen LogP contribution >= 0.6 is 11.6 Å². The van der Waals surface area contributed by atoms with Crippen molar-refractivity contribution in [3.05, 3.63) is 22.9 Å². The molecule has 1 atom stereocenters. The molecule has 8 nitrogen and oxygen atoms in total. The predicted octanol–water partition coefficient (Wildman–Crippen LogP) is 3.77.